The predicted molar refractivity (Wildman–Crippen MR) is 100.0 cm³/mol. The highest BCUT2D eigenvalue weighted by Gasteiger charge is 2.18. The van der Waals surface area contributed by atoms with E-state index < -0.39 is 0 Å². The Morgan fingerprint density at radius 1 is 1.13 bits per heavy atom. The first-order chi connectivity index (χ1) is 11.3. The number of hydrogen-bond donors (Lipinski definition) is 2. The minimum atomic E-state index is 0.678. The van der Waals surface area contributed by atoms with Gasteiger partial charge in [-0.1, -0.05) is 12.1 Å². The highest BCUT2D eigenvalue weighted by molar-refractivity contribution is 7.80. The zero-order valence-electron chi connectivity index (χ0n) is 13.4. The van der Waals surface area contributed by atoms with Crippen molar-refractivity contribution in [2.24, 2.45) is 0 Å². The maximum absolute atomic E-state index is 4.60. The molecule has 5 nitrogen and oxygen atoms in total. The van der Waals surface area contributed by atoms with Crippen molar-refractivity contribution in [1.29, 1.82) is 0 Å². The number of benzene rings is 1. The third-order valence-electron chi connectivity index (χ3n) is 4.01. The highest BCUT2D eigenvalue weighted by atomic mass is 32.1. The highest BCUT2D eigenvalue weighted by Crippen LogP contribution is 2.20. The van der Waals surface area contributed by atoms with Gasteiger partial charge in [0.1, 0.15) is 5.82 Å². The van der Waals surface area contributed by atoms with Crippen molar-refractivity contribution >= 4 is 30.1 Å². The summed E-state index contributed by atoms with van der Waals surface area (Å²) in [5.41, 5.74) is 2.61. The lowest BCUT2D eigenvalue weighted by Gasteiger charge is -2.36. The lowest BCUT2D eigenvalue weighted by Crippen LogP contribution is -2.46. The molecule has 23 heavy (non-hydrogen) atoms. The Labute approximate surface area is 143 Å². The number of aryl methyl sites for hydroxylation is 1. The van der Waals surface area contributed by atoms with E-state index in [1.54, 1.807) is 0 Å². The number of aromatic nitrogens is 2. The molecule has 122 valence electrons. The second-order valence-electron chi connectivity index (χ2n) is 5.70. The summed E-state index contributed by atoms with van der Waals surface area (Å²) in [7, 11) is 0. The van der Waals surface area contributed by atoms with Gasteiger partial charge < -0.3 is 15.1 Å². The third-order valence-corrected chi connectivity index (χ3v) is 4.23. The van der Waals surface area contributed by atoms with Crippen LogP contribution in [-0.2, 0) is 0 Å². The number of anilines is 3. The average molecular weight is 329 g/mol. The molecule has 0 amide bonds. The van der Waals surface area contributed by atoms with Gasteiger partial charge in [0.05, 0.1) is 0 Å². The van der Waals surface area contributed by atoms with Gasteiger partial charge in [-0.3, -0.25) is 0 Å². The Hall–Kier alpha value is -1.95. The van der Waals surface area contributed by atoms with E-state index in [4.69, 9.17) is 0 Å². The van der Waals surface area contributed by atoms with Crippen molar-refractivity contribution < 1.29 is 0 Å². The van der Waals surface area contributed by atoms with E-state index >= 15 is 0 Å². The van der Waals surface area contributed by atoms with Gasteiger partial charge >= 0.3 is 0 Å². The smallest absolute Gasteiger partial charge is 0.224 e. The predicted octanol–water partition coefficient (Wildman–Crippen LogP) is 2.45. The number of nitrogens with zero attached hydrogens (tertiary/aromatic N) is 4. The Balaban J connectivity index is 1.62. The van der Waals surface area contributed by atoms with E-state index in [0.29, 0.717) is 5.95 Å². The molecular formula is C17H23N5S. The summed E-state index contributed by atoms with van der Waals surface area (Å²) in [6, 6.07) is 10.7. The summed E-state index contributed by atoms with van der Waals surface area (Å²) in [6.07, 6.45) is 1.82. The molecule has 0 radical (unpaired) electrons. The molecule has 1 aliphatic rings. The lowest BCUT2D eigenvalue weighted by atomic mass is 10.2. The van der Waals surface area contributed by atoms with Crippen molar-refractivity contribution in [1.82, 2.24) is 9.97 Å². The Bertz CT molecular complexity index is 640. The molecule has 0 bridgehead atoms. The van der Waals surface area contributed by atoms with Gasteiger partial charge in [0.25, 0.3) is 0 Å². The second-order valence-corrected chi connectivity index (χ2v) is 6.15. The van der Waals surface area contributed by atoms with Crippen molar-refractivity contribution in [2.45, 2.75) is 6.92 Å². The molecule has 0 saturated carbocycles. The van der Waals surface area contributed by atoms with Crippen LogP contribution in [0.15, 0.2) is 36.5 Å². The van der Waals surface area contributed by atoms with Crippen molar-refractivity contribution in [2.75, 3.05) is 53.6 Å². The number of hydrogen-bond acceptors (Lipinski definition) is 6. The van der Waals surface area contributed by atoms with E-state index in [1.165, 1.54) is 11.3 Å². The van der Waals surface area contributed by atoms with Crippen LogP contribution in [0.4, 0.5) is 17.5 Å². The van der Waals surface area contributed by atoms with Crippen LogP contribution in [0.3, 0.4) is 0 Å². The maximum atomic E-state index is 4.60. The van der Waals surface area contributed by atoms with Crippen LogP contribution < -0.4 is 15.1 Å². The first-order valence-corrected chi connectivity index (χ1v) is 8.64. The van der Waals surface area contributed by atoms with E-state index in [1.807, 2.05) is 12.3 Å². The van der Waals surface area contributed by atoms with Crippen molar-refractivity contribution in [3.63, 3.8) is 0 Å². The molecule has 1 fully saturated rings. The number of thiol groups is 1. The standard InChI is InChI=1S/C17H23N5S/c1-14-3-2-4-15(13-14)21-8-10-22(11-9-21)16-5-6-18-17(20-16)19-7-12-23/h2-6,13,23H,7-12H2,1H3,(H,18,19,20). The van der Waals surface area contributed by atoms with Gasteiger partial charge in [-0.15, -0.1) is 0 Å². The van der Waals surface area contributed by atoms with Crippen LogP contribution in [0.5, 0.6) is 0 Å². The van der Waals surface area contributed by atoms with Crippen molar-refractivity contribution in [3.05, 3.63) is 42.1 Å². The molecule has 6 heteroatoms. The summed E-state index contributed by atoms with van der Waals surface area (Å²) < 4.78 is 0. The van der Waals surface area contributed by atoms with Crippen LogP contribution in [0, 0.1) is 6.92 Å². The third kappa shape index (κ3) is 4.07. The van der Waals surface area contributed by atoms with E-state index in [-0.39, 0.29) is 0 Å². The van der Waals surface area contributed by atoms with E-state index in [0.717, 1.165) is 44.3 Å². The molecule has 1 N–H and O–H groups in total. The molecule has 1 aliphatic heterocycles. The molecule has 2 aromatic rings. The van der Waals surface area contributed by atoms with Crippen LogP contribution in [0.2, 0.25) is 0 Å². The summed E-state index contributed by atoms with van der Waals surface area (Å²) in [6.45, 7) is 6.86. The zero-order chi connectivity index (χ0) is 16.1. The van der Waals surface area contributed by atoms with E-state index in [9.17, 15) is 0 Å². The second kappa shape index (κ2) is 7.55. The summed E-state index contributed by atoms with van der Waals surface area (Å²) in [5.74, 6) is 2.44. The molecule has 2 heterocycles. The molecule has 0 aliphatic carbocycles. The maximum Gasteiger partial charge on any atom is 0.224 e. The fourth-order valence-electron chi connectivity index (χ4n) is 2.80. The number of rotatable bonds is 5. The van der Waals surface area contributed by atoms with Gasteiger partial charge in [-0.2, -0.15) is 17.6 Å². The van der Waals surface area contributed by atoms with Crippen LogP contribution in [0.1, 0.15) is 5.56 Å². The van der Waals surface area contributed by atoms with Gasteiger partial charge in [0.15, 0.2) is 0 Å². The normalized spacial score (nSPS) is 14.9. The zero-order valence-corrected chi connectivity index (χ0v) is 14.3. The fourth-order valence-corrected chi connectivity index (χ4v) is 2.91. The largest absolute Gasteiger partial charge is 0.368 e. The summed E-state index contributed by atoms with van der Waals surface area (Å²) in [4.78, 5) is 13.6. The van der Waals surface area contributed by atoms with Crippen LogP contribution in [-0.4, -0.2) is 48.4 Å². The minimum absolute atomic E-state index is 0.678. The first-order valence-electron chi connectivity index (χ1n) is 8.00. The molecule has 1 aromatic carbocycles. The van der Waals surface area contributed by atoms with Gasteiger partial charge in [-0.05, 0) is 30.7 Å². The average Bonchev–Trinajstić information content (AvgIpc) is 2.60. The molecule has 1 aromatic heterocycles. The summed E-state index contributed by atoms with van der Waals surface area (Å²) >= 11 is 4.20. The molecular weight excluding hydrogens is 306 g/mol. The van der Waals surface area contributed by atoms with Crippen molar-refractivity contribution in [3.8, 4) is 0 Å². The lowest BCUT2D eigenvalue weighted by molar-refractivity contribution is 0.647. The Morgan fingerprint density at radius 2 is 1.91 bits per heavy atom. The molecule has 0 spiro atoms. The first kappa shape index (κ1) is 15.9. The van der Waals surface area contributed by atoms with Crippen LogP contribution >= 0.6 is 12.6 Å². The quantitative estimate of drug-likeness (QED) is 0.825. The minimum Gasteiger partial charge on any atom is -0.368 e. The molecule has 1 saturated heterocycles. The van der Waals surface area contributed by atoms with Gasteiger partial charge in [0, 0.05) is 50.4 Å². The molecule has 3 rings (SSSR count). The Kier molecular flexibility index (Phi) is 5.23. The van der Waals surface area contributed by atoms with E-state index in [2.05, 4.69) is 68.9 Å². The molecule has 0 unspecified atom stereocenters. The summed E-state index contributed by atoms with van der Waals surface area (Å²) in [5, 5.41) is 3.18. The monoisotopic (exact) mass is 329 g/mol. The molecule has 0 atom stereocenters. The topological polar surface area (TPSA) is 44.3 Å². The van der Waals surface area contributed by atoms with Crippen LogP contribution in [0.25, 0.3) is 0 Å². The fraction of sp³-hybridized carbons (Fsp3) is 0.412. The Morgan fingerprint density at radius 3 is 2.65 bits per heavy atom. The number of nitrogens with one attached hydrogen (secondary N) is 1. The SMILES string of the molecule is Cc1cccc(N2CCN(c3ccnc(NCCS)n3)CC2)c1. The number of piperazine rings is 1. The van der Waals surface area contributed by atoms with Gasteiger partial charge in [-0.25, -0.2) is 4.98 Å². The van der Waals surface area contributed by atoms with Gasteiger partial charge in [0.2, 0.25) is 5.95 Å².